The van der Waals surface area contributed by atoms with Gasteiger partial charge in [-0.2, -0.15) is 0 Å². The van der Waals surface area contributed by atoms with Crippen LogP contribution in [0.15, 0.2) is 95.9 Å². The van der Waals surface area contributed by atoms with Gasteiger partial charge in [-0.15, -0.1) is 0 Å². The van der Waals surface area contributed by atoms with Crippen LogP contribution >= 0.6 is 0 Å². The summed E-state index contributed by atoms with van der Waals surface area (Å²) in [5.74, 6) is -0.366. The Morgan fingerprint density at radius 3 is 2.28 bits per heavy atom. The Kier molecular flexibility index (Phi) is 10.3. The van der Waals surface area contributed by atoms with E-state index in [1.807, 2.05) is 30.3 Å². The van der Waals surface area contributed by atoms with E-state index in [4.69, 9.17) is 4.74 Å². The number of carbonyl (C=O) groups is 1. The zero-order chi connectivity index (χ0) is 32.7. The zero-order valence-corrected chi connectivity index (χ0v) is 27.5. The number of benzene rings is 4. The van der Waals surface area contributed by atoms with Gasteiger partial charge in [0.15, 0.2) is 5.82 Å². The van der Waals surface area contributed by atoms with Gasteiger partial charge in [0.2, 0.25) is 0 Å². The van der Waals surface area contributed by atoms with Gasteiger partial charge in [0, 0.05) is 24.8 Å². The van der Waals surface area contributed by atoms with Crippen molar-refractivity contribution in [2.45, 2.75) is 76.3 Å². The molecule has 242 valence electrons. The Bertz CT molecular complexity index is 1750. The molecule has 2 amide bonds. The van der Waals surface area contributed by atoms with E-state index < -0.39 is 15.8 Å². The fraction of sp³-hybridized carbons (Fsp3) is 0.324. The van der Waals surface area contributed by atoms with Crippen LogP contribution in [0.5, 0.6) is 5.75 Å². The highest BCUT2D eigenvalue weighted by atomic mass is 32.2. The summed E-state index contributed by atoms with van der Waals surface area (Å²) in [6, 6.07) is 26.7. The van der Waals surface area contributed by atoms with Crippen LogP contribution in [0.25, 0.3) is 0 Å². The Hall–Kier alpha value is -4.37. The van der Waals surface area contributed by atoms with Gasteiger partial charge in [-0.25, -0.2) is 17.6 Å². The van der Waals surface area contributed by atoms with Crippen LogP contribution in [-0.4, -0.2) is 26.0 Å². The maximum Gasteiger partial charge on any atom is 0.322 e. The zero-order valence-electron chi connectivity index (χ0n) is 26.7. The summed E-state index contributed by atoms with van der Waals surface area (Å²) < 4.78 is 49.3. The summed E-state index contributed by atoms with van der Waals surface area (Å²) in [5.41, 5.74) is 4.64. The number of fused-ring (bicyclic) bond motifs is 1. The van der Waals surface area contributed by atoms with Crippen LogP contribution in [0.4, 0.5) is 20.6 Å². The van der Waals surface area contributed by atoms with Crippen molar-refractivity contribution in [2.24, 2.45) is 0 Å². The van der Waals surface area contributed by atoms with Gasteiger partial charge in [-0.3, -0.25) is 4.72 Å². The Balaban J connectivity index is 1.10. The molecular weight excluding hydrogens is 601 g/mol. The monoisotopic (exact) mass is 643 g/mol. The van der Waals surface area contributed by atoms with Crippen molar-refractivity contribution in [2.75, 3.05) is 16.6 Å². The molecule has 1 aliphatic rings. The summed E-state index contributed by atoms with van der Waals surface area (Å²) >= 11 is 0. The van der Waals surface area contributed by atoms with E-state index >= 15 is 0 Å². The third-order valence-electron chi connectivity index (χ3n) is 8.16. The van der Waals surface area contributed by atoms with Crippen LogP contribution in [0.1, 0.15) is 68.7 Å². The number of nitrogens with one attached hydrogen (secondary N) is 2. The lowest BCUT2D eigenvalue weighted by atomic mass is 9.87. The molecule has 46 heavy (non-hydrogen) atoms. The SMILES string of the molecule is CC(C)(C)c1ccc(NC(=O)N2Cc3ccc(S(=O)(=O)Nc4ccc(OCCCCCCc5ccccc5)cc4F)cc3C2)cc1. The number of hydrogen-bond donors (Lipinski definition) is 2. The highest BCUT2D eigenvalue weighted by Gasteiger charge is 2.26. The number of hydrogen-bond acceptors (Lipinski definition) is 4. The number of anilines is 2. The van der Waals surface area contributed by atoms with Crippen molar-refractivity contribution in [3.8, 4) is 5.75 Å². The van der Waals surface area contributed by atoms with E-state index in [0.29, 0.717) is 24.6 Å². The number of nitrogens with zero attached hydrogens (tertiary/aromatic N) is 1. The third-order valence-corrected chi connectivity index (χ3v) is 9.52. The van der Waals surface area contributed by atoms with Crippen LogP contribution in [0.3, 0.4) is 0 Å². The fourth-order valence-corrected chi connectivity index (χ4v) is 6.55. The maximum atomic E-state index is 14.9. The number of amides is 2. The third kappa shape index (κ3) is 8.66. The number of urea groups is 1. The molecular formula is C37H42FN3O4S. The van der Waals surface area contributed by atoms with Crippen molar-refractivity contribution < 1.29 is 22.3 Å². The van der Waals surface area contributed by atoms with Crippen molar-refractivity contribution >= 4 is 27.4 Å². The van der Waals surface area contributed by atoms with Crippen LogP contribution in [-0.2, 0) is 34.9 Å². The van der Waals surface area contributed by atoms with Gasteiger partial charge < -0.3 is 15.0 Å². The van der Waals surface area contributed by atoms with Crippen molar-refractivity contribution in [1.29, 1.82) is 0 Å². The minimum atomic E-state index is -4.07. The molecule has 5 rings (SSSR count). The van der Waals surface area contributed by atoms with Gasteiger partial charge in [0.25, 0.3) is 10.0 Å². The van der Waals surface area contributed by atoms with E-state index in [-0.39, 0.29) is 28.6 Å². The second kappa shape index (κ2) is 14.4. The smallest absolute Gasteiger partial charge is 0.322 e. The van der Waals surface area contributed by atoms with Gasteiger partial charge in [-0.1, -0.05) is 82.1 Å². The molecule has 0 saturated carbocycles. The second-order valence-corrected chi connectivity index (χ2v) is 14.5. The predicted octanol–water partition coefficient (Wildman–Crippen LogP) is 8.65. The highest BCUT2D eigenvalue weighted by molar-refractivity contribution is 7.92. The molecule has 1 heterocycles. The molecule has 0 aliphatic carbocycles. The summed E-state index contributed by atoms with van der Waals surface area (Å²) in [6.45, 7) is 7.48. The lowest BCUT2D eigenvalue weighted by Gasteiger charge is -2.20. The molecule has 0 fully saturated rings. The molecule has 0 aromatic heterocycles. The lowest BCUT2D eigenvalue weighted by molar-refractivity contribution is 0.212. The van der Waals surface area contributed by atoms with E-state index in [9.17, 15) is 17.6 Å². The Labute approximate surface area is 271 Å². The van der Waals surface area contributed by atoms with Crippen LogP contribution in [0, 0.1) is 5.82 Å². The molecule has 2 N–H and O–H groups in total. The minimum Gasteiger partial charge on any atom is -0.493 e. The number of halogens is 1. The Morgan fingerprint density at radius 2 is 1.57 bits per heavy atom. The Morgan fingerprint density at radius 1 is 0.848 bits per heavy atom. The molecule has 0 bridgehead atoms. The molecule has 0 radical (unpaired) electrons. The summed E-state index contributed by atoms with van der Waals surface area (Å²) in [5, 5.41) is 2.92. The number of aryl methyl sites for hydroxylation is 1. The number of rotatable bonds is 12. The standard InChI is InChI=1S/C37H42FN3O4S/c1-37(2,3)30-15-17-31(18-16-30)39-36(42)41-25-28-14-20-33(23-29(28)26-41)46(43,44)40-35-21-19-32(24-34(35)38)45-22-10-5-4-7-11-27-12-8-6-9-13-27/h6,8-9,12-21,23-24,40H,4-5,7,10-11,22,25-26H2,1-3H3,(H,39,42). The molecule has 9 heteroatoms. The first-order valence-corrected chi connectivity index (χ1v) is 17.2. The quantitative estimate of drug-likeness (QED) is 0.151. The van der Waals surface area contributed by atoms with Gasteiger partial charge in [0.05, 0.1) is 17.2 Å². The molecule has 7 nitrogen and oxygen atoms in total. The van der Waals surface area contributed by atoms with Crippen molar-refractivity contribution in [3.05, 3.63) is 119 Å². The van der Waals surface area contributed by atoms with E-state index in [0.717, 1.165) is 43.2 Å². The fourth-order valence-electron chi connectivity index (χ4n) is 5.43. The number of sulfonamides is 1. The van der Waals surface area contributed by atoms with Crippen LogP contribution in [0.2, 0.25) is 0 Å². The number of carbonyl (C=O) groups excluding carboxylic acids is 1. The van der Waals surface area contributed by atoms with E-state index in [1.54, 1.807) is 17.0 Å². The van der Waals surface area contributed by atoms with Gasteiger partial charge >= 0.3 is 6.03 Å². The molecule has 0 unspecified atom stereocenters. The molecule has 0 spiro atoms. The summed E-state index contributed by atoms with van der Waals surface area (Å²) in [4.78, 5) is 14.6. The van der Waals surface area contributed by atoms with Gasteiger partial charge in [-0.05, 0) is 83.3 Å². The average Bonchev–Trinajstić information content (AvgIpc) is 3.46. The number of unbranched alkanes of at least 4 members (excludes halogenated alkanes) is 3. The first kappa shape index (κ1) is 33.0. The number of ether oxygens (including phenoxy) is 1. The van der Waals surface area contributed by atoms with E-state index in [2.05, 4.69) is 55.1 Å². The molecule has 1 aliphatic heterocycles. The first-order chi connectivity index (χ1) is 22.0. The lowest BCUT2D eigenvalue weighted by Crippen LogP contribution is -2.30. The summed E-state index contributed by atoms with van der Waals surface area (Å²) in [6.07, 6.45) is 5.12. The molecule has 4 aromatic carbocycles. The predicted molar refractivity (Wildman–Crippen MR) is 181 cm³/mol. The molecule has 0 atom stereocenters. The molecule has 4 aromatic rings. The topological polar surface area (TPSA) is 87.7 Å². The normalized spacial score (nSPS) is 12.9. The van der Waals surface area contributed by atoms with Gasteiger partial charge in [0.1, 0.15) is 5.75 Å². The first-order valence-electron chi connectivity index (χ1n) is 15.8. The average molecular weight is 644 g/mol. The van der Waals surface area contributed by atoms with E-state index in [1.165, 1.54) is 35.4 Å². The largest absolute Gasteiger partial charge is 0.493 e. The maximum absolute atomic E-state index is 14.9. The molecule has 0 saturated heterocycles. The second-order valence-electron chi connectivity index (χ2n) is 12.8. The van der Waals surface area contributed by atoms with Crippen molar-refractivity contribution in [1.82, 2.24) is 4.90 Å². The van der Waals surface area contributed by atoms with Crippen LogP contribution < -0.4 is 14.8 Å². The minimum absolute atomic E-state index is 0.00160. The highest BCUT2D eigenvalue weighted by Crippen LogP contribution is 2.29. The van der Waals surface area contributed by atoms with Crippen molar-refractivity contribution in [3.63, 3.8) is 0 Å². The summed E-state index contributed by atoms with van der Waals surface area (Å²) in [7, 11) is -4.07.